The van der Waals surface area contributed by atoms with Gasteiger partial charge in [0.05, 0.1) is 6.33 Å². The van der Waals surface area contributed by atoms with Crippen LogP contribution in [0.4, 0.5) is 0 Å². The highest BCUT2D eigenvalue weighted by Crippen LogP contribution is 2.36. The van der Waals surface area contributed by atoms with Gasteiger partial charge in [0.1, 0.15) is 0 Å². The topological polar surface area (TPSA) is 29.9 Å². The molecule has 3 atom stereocenters. The maximum absolute atomic E-state index is 4.41. The SMILES string of the molecule is CC1CCCCC1n1cncc1C1CCNC1. The van der Waals surface area contributed by atoms with E-state index in [1.54, 1.807) is 0 Å². The molecule has 0 bridgehead atoms. The van der Waals surface area contributed by atoms with Crippen LogP contribution in [0.25, 0.3) is 0 Å². The highest BCUT2D eigenvalue weighted by molar-refractivity contribution is 5.11. The molecule has 2 aliphatic rings. The van der Waals surface area contributed by atoms with Crippen molar-refractivity contribution in [2.45, 2.75) is 51.0 Å². The smallest absolute Gasteiger partial charge is 0.0950 e. The van der Waals surface area contributed by atoms with Gasteiger partial charge >= 0.3 is 0 Å². The first kappa shape index (κ1) is 11.3. The van der Waals surface area contributed by atoms with Gasteiger partial charge in [0.15, 0.2) is 0 Å². The first-order valence-corrected chi connectivity index (χ1v) is 7.08. The highest BCUT2D eigenvalue weighted by Gasteiger charge is 2.27. The second-order valence-electron chi connectivity index (χ2n) is 5.74. The molecule has 17 heavy (non-hydrogen) atoms. The lowest BCUT2D eigenvalue weighted by atomic mass is 9.85. The van der Waals surface area contributed by atoms with Crippen LogP contribution in [0.2, 0.25) is 0 Å². The summed E-state index contributed by atoms with van der Waals surface area (Å²) in [6.07, 6.45) is 10.9. The first-order valence-electron chi connectivity index (χ1n) is 7.08. The fourth-order valence-corrected chi connectivity index (χ4v) is 3.53. The minimum Gasteiger partial charge on any atom is -0.331 e. The van der Waals surface area contributed by atoms with Gasteiger partial charge in [-0.05, 0) is 31.7 Å². The Morgan fingerprint density at radius 2 is 2.18 bits per heavy atom. The summed E-state index contributed by atoms with van der Waals surface area (Å²) < 4.78 is 2.49. The number of imidazole rings is 1. The van der Waals surface area contributed by atoms with Crippen LogP contribution < -0.4 is 5.32 Å². The second-order valence-corrected chi connectivity index (χ2v) is 5.74. The van der Waals surface area contributed by atoms with Crippen LogP contribution in [0.3, 0.4) is 0 Å². The summed E-state index contributed by atoms with van der Waals surface area (Å²) in [5.41, 5.74) is 1.47. The molecule has 1 N–H and O–H groups in total. The summed E-state index contributed by atoms with van der Waals surface area (Å²) in [5, 5.41) is 3.46. The second kappa shape index (κ2) is 4.81. The van der Waals surface area contributed by atoms with Gasteiger partial charge < -0.3 is 9.88 Å². The summed E-state index contributed by atoms with van der Waals surface area (Å²) in [6.45, 7) is 4.70. The summed E-state index contributed by atoms with van der Waals surface area (Å²) in [4.78, 5) is 4.41. The maximum Gasteiger partial charge on any atom is 0.0950 e. The van der Waals surface area contributed by atoms with Crippen LogP contribution in [0, 0.1) is 5.92 Å². The molecule has 0 spiro atoms. The van der Waals surface area contributed by atoms with E-state index in [-0.39, 0.29) is 0 Å². The molecule has 1 saturated heterocycles. The fraction of sp³-hybridized carbons (Fsp3) is 0.786. The average molecular weight is 233 g/mol. The Bertz CT molecular complexity index is 365. The van der Waals surface area contributed by atoms with Gasteiger partial charge in [-0.3, -0.25) is 0 Å². The summed E-state index contributed by atoms with van der Waals surface area (Å²) in [7, 11) is 0. The fourth-order valence-electron chi connectivity index (χ4n) is 3.53. The van der Waals surface area contributed by atoms with Crippen LogP contribution >= 0.6 is 0 Å². The molecule has 1 saturated carbocycles. The molecule has 1 aliphatic heterocycles. The monoisotopic (exact) mass is 233 g/mol. The number of aromatic nitrogens is 2. The molecular weight excluding hydrogens is 210 g/mol. The first-order chi connectivity index (χ1) is 8.36. The van der Waals surface area contributed by atoms with Gasteiger partial charge in [-0.1, -0.05) is 19.8 Å². The molecule has 1 aliphatic carbocycles. The third kappa shape index (κ3) is 2.13. The van der Waals surface area contributed by atoms with E-state index in [2.05, 4.69) is 34.3 Å². The zero-order chi connectivity index (χ0) is 11.7. The molecule has 2 heterocycles. The number of rotatable bonds is 2. The van der Waals surface area contributed by atoms with E-state index in [4.69, 9.17) is 0 Å². The molecule has 1 aromatic heterocycles. The lowest BCUT2D eigenvalue weighted by molar-refractivity contribution is 0.251. The molecular formula is C14H23N3. The largest absolute Gasteiger partial charge is 0.331 e. The zero-order valence-corrected chi connectivity index (χ0v) is 10.7. The predicted molar refractivity (Wildman–Crippen MR) is 69.1 cm³/mol. The van der Waals surface area contributed by atoms with Crippen molar-refractivity contribution in [2.24, 2.45) is 5.92 Å². The normalized spacial score (nSPS) is 34.1. The maximum atomic E-state index is 4.41. The van der Waals surface area contributed by atoms with Crippen molar-refractivity contribution in [1.82, 2.24) is 14.9 Å². The van der Waals surface area contributed by atoms with Crippen LogP contribution in [0.15, 0.2) is 12.5 Å². The number of hydrogen-bond acceptors (Lipinski definition) is 2. The Labute approximate surface area is 104 Å². The van der Waals surface area contributed by atoms with Gasteiger partial charge in [-0.25, -0.2) is 4.98 Å². The molecule has 3 heteroatoms. The van der Waals surface area contributed by atoms with E-state index in [0.29, 0.717) is 12.0 Å². The Morgan fingerprint density at radius 1 is 1.29 bits per heavy atom. The lowest BCUT2D eigenvalue weighted by Gasteiger charge is -2.32. The van der Waals surface area contributed by atoms with E-state index < -0.39 is 0 Å². The van der Waals surface area contributed by atoms with Crippen molar-refractivity contribution in [3.63, 3.8) is 0 Å². The summed E-state index contributed by atoms with van der Waals surface area (Å²) >= 11 is 0. The molecule has 0 amide bonds. The number of hydrogen-bond donors (Lipinski definition) is 1. The number of nitrogens with zero attached hydrogens (tertiary/aromatic N) is 2. The Morgan fingerprint density at radius 3 is 2.94 bits per heavy atom. The molecule has 1 aromatic rings. The molecule has 94 valence electrons. The van der Waals surface area contributed by atoms with Gasteiger partial charge in [0, 0.05) is 30.4 Å². The van der Waals surface area contributed by atoms with Crippen LogP contribution in [0.1, 0.15) is 56.7 Å². The van der Waals surface area contributed by atoms with Gasteiger partial charge in [0.25, 0.3) is 0 Å². The minimum absolute atomic E-state index is 0.687. The third-order valence-electron chi connectivity index (χ3n) is 4.60. The van der Waals surface area contributed by atoms with E-state index in [1.807, 2.05) is 0 Å². The van der Waals surface area contributed by atoms with Crippen molar-refractivity contribution in [1.29, 1.82) is 0 Å². The van der Waals surface area contributed by atoms with Crippen LogP contribution in [0.5, 0.6) is 0 Å². The van der Waals surface area contributed by atoms with Crippen LogP contribution in [-0.4, -0.2) is 22.6 Å². The molecule has 3 rings (SSSR count). The van der Waals surface area contributed by atoms with Gasteiger partial charge in [0.2, 0.25) is 0 Å². The van der Waals surface area contributed by atoms with E-state index >= 15 is 0 Å². The van der Waals surface area contributed by atoms with E-state index in [1.165, 1.54) is 37.8 Å². The highest BCUT2D eigenvalue weighted by atomic mass is 15.1. The third-order valence-corrected chi connectivity index (χ3v) is 4.60. The van der Waals surface area contributed by atoms with Crippen molar-refractivity contribution in [3.05, 3.63) is 18.2 Å². The van der Waals surface area contributed by atoms with Crippen molar-refractivity contribution < 1.29 is 0 Å². The molecule has 3 unspecified atom stereocenters. The minimum atomic E-state index is 0.687. The predicted octanol–water partition coefficient (Wildman–Crippen LogP) is 2.71. The Kier molecular flexibility index (Phi) is 3.19. The van der Waals surface area contributed by atoms with Gasteiger partial charge in [-0.2, -0.15) is 0 Å². The summed E-state index contributed by atoms with van der Waals surface area (Å²) in [6, 6.07) is 0.696. The molecule has 0 radical (unpaired) electrons. The molecule has 3 nitrogen and oxygen atoms in total. The van der Waals surface area contributed by atoms with Gasteiger partial charge in [-0.15, -0.1) is 0 Å². The quantitative estimate of drug-likeness (QED) is 0.851. The lowest BCUT2D eigenvalue weighted by Crippen LogP contribution is -2.23. The van der Waals surface area contributed by atoms with Crippen molar-refractivity contribution in [2.75, 3.05) is 13.1 Å². The number of nitrogens with one attached hydrogen (secondary N) is 1. The zero-order valence-electron chi connectivity index (χ0n) is 10.7. The molecule has 2 fully saturated rings. The standard InChI is InChI=1S/C14H23N3/c1-11-4-2-3-5-13(11)17-10-16-9-14(17)12-6-7-15-8-12/h9-13,15H,2-8H2,1H3. The Hall–Kier alpha value is -0.830. The Balaban J connectivity index is 1.84. The molecule has 0 aromatic carbocycles. The average Bonchev–Trinajstić information content (AvgIpc) is 3.00. The van der Waals surface area contributed by atoms with Crippen LogP contribution in [-0.2, 0) is 0 Å². The van der Waals surface area contributed by atoms with Crippen molar-refractivity contribution in [3.8, 4) is 0 Å². The van der Waals surface area contributed by atoms with Crippen molar-refractivity contribution >= 4 is 0 Å². The summed E-state index contributed by atoms with van der Waals surface area (Å²) in [5.74, 6) is 1.50. The van der Waals surface area contributed by atoms with E-state index in [0.717, 1.165) is 19.0 Å². The van der Waals surface area contributed by atoms with E-state index in [9.17, 15) is 0 Å².